The van der Waals surface area contributed by atoms with Crippen molar-refractivity contribution in [2.45, 2.75) is 18.3 Å². The Morgan fingerprint density at radius 1 is 0.921 bits per heavy atom. The number of carbonyl (C=O) groups is 1. The van der Waals surface area contributed by atoms with Gasteiger partial charge in [0.05, 0.1) is 32.9 Å². The molecule has 0 aromatic heterocycles. The zero-order valence-electron chi connectivity index (χ0n) is 18.6. The van der Waals surface area contributed by atoms with E-state index in [1.54, 1.807) is 0 Å². The number of rotatable bonds is 7. The van der Waals surface area contributed by atoms with Crippen molar-refractivity contribution in [1.29, 1.82) is 0 Å². The molecule has 3 rings (SSSR count). The molecule has 0 aliphatic rings. The second-order valence-electron chi connectivity index (χ2n) is 7.85. The third-order valence-electron chi connectivity index (χ3n) is 5.25. The van der Waals surface area contributed by atoms with Gasteiger partial charge < -0.3 is 5.32 Å². The third kappa shape index (κ3) is 6.98. The van der Waals surface area contributed by atoms with Gasteiger partial charge in [0.2, 0.25) is 0 Å². The first-order valence-electron chi connectivity index (χ1n) is 10.4. The SMILES string of the molecule is O=C(CNc1ccccc1F)c1ccc(/C(F)=C/C(c2cc(Cl)c(Cl)c(Cl)c2)C(F)(F)F)cc1C(F)(F)F. The van der Waals surface area contributed by atoms with Crippen molar-refractivity contribution in [2.75, 3.05) is 11.9 Å². The van der Waals surface area contributed by atoms with E-state index in [9.17, 15) is 39.9 Å². The third-order valence-corrected chi connectivity index (χ3v) is 6.44. The molecule has 38 heavy (non-hydrogen) atoms. The van der Waals surface area contributed by atoms with Gasteiger partial charge in [-0.1, -0.05) is 59.1 Å². The van der Waals surface area contributed by atoms with Crippen LogP contribution in [0.4, 0.5) is 40.8 Å². The maximum atomic E-state index is 15.0. The first-order valence-corrected chi connectivity index (χ1v) is 11.5. The minimum Gasteiger partial charge on any atom is -0.375 e. The fraction of sp³-hybridized carbons (Fsp3) is 0.160. The van der Waals surface area contributed by atoms with Gasteiger partial charge in [-0.15, -0.1) is 0 Å². The number of anilines is 1. The molecule has 0 saturated heterocycles. The smallest absolute Gasteiger partial charge is 0.375 e. The van der Waals surface area contributed by atoms with Crippen molar-refractivity contribution in [1.82, 2.24) is 0 Å². The molecule has 3 aromatic rings. The van der Waals surface area contributed by atoms with Crippen LogP contribution in [0.25, 0.3) is 5.83 Å². The summed E-state index contributed by atoms with van der Waals surface area (Å²) >= 11 is 17.3. The predicted molar refractivity (Wildman–Crippen MR) is 130 cm³/mol. The van der Waals surface area contributed by atoms with E-state index in [0.29, 0.717) is 6.07 Å². The Hall–Kier alpha value is -2.82. The number of ketones is 1. The van der Waals surface area contributed by atoms with E-state index < -0.39 is 64.5 Å². The van der Waals surface area contributed by atoms with Gasteiger partial charge in [-0.3, -0.25) is 4.79 Å². The number of Topliss-reactive ketones (excluding diaryl/α,β-unsaturated/α-hetero) is 1. The molecule has 1 N–H and O–H groups in total. The molecule has 13 heteroatoms. The molecule has 3 aromatic carbocycles. The van der Waals surface area contributed by atoms with Gasteiger partial charge in [0.1, 0.15) is 17.6 Å². The van der Waals surface area contributed by atoms with E-state index in [1.807, 2.05) is 0 Å². The number of para-hydroxylation sites is 1. The second-order valence-corrected chi connectivity index (χ2v) is 9.04. The number of alkyl halides is 6. The molecule has 1 atom stereocenters. The number of hydrogen-bond donors (Lipinski definition) is 1. The predicted octanol–water partition coefficient (Wildman–Crippen LogP) is 9.76. The van der Waals surface area contributed by atoms with Crippen LogP contribution in [0.1, 0.15) is 33.0 Å². The summed E-state index contributed by atoms with van der Waals surface area (Å²) in [6.45, 7) is -0.740. The fourth-order valence-electron chi connectivity index (χ4n) is 3.42. The molecule has 1 unspecified atom stereocenters. The molecule has 0 bridgehead atoms. The molecule has 0 amide bonds. The summed E-state index contributed by atoms with van der Waals surface area (Å²) in [7, 11) is 0. The number of carbonyl (C=O) groups excluding carboxylic acids is 1. The minimum atomic E-state index is -5.17. The lowest BCUT2D eigenvalue weighted by atomic mass is 9.95. The van der Waals surface area contributed by atoms with Crippen LogP contribution in [-0.2, 0) is 6.18 Å². The molecule has 0 spiro atoms. The second kappa shape index (κ2) is 11.5. The topological polar surface area (TPSA) is 29.1 Å². The molecule has 0 saturated carbocycles. The molecule has 0 heterocycles. The molecular formula is C25H14Cl3F8NO. The molecule has 202 valence electrons. The monoisotopic (exact) mass is 601 g/mol. The Bertz CT molecular complexity index is 1360. The van der Waals surface area contributed by atoms with Crippen LogP contribution >= 0.6 is 34.8 Å². The highest BCUT2D eigenvalue weighted by atomic mass is 35.5. The van der Waals surface area contributed by atoms with Crippen molar-refractivity contribution in [3.05, 3.63) is 104 Å². The van der Waals surface area contributed by atoms with Crippen LogP contribution in [0.15, 0.2) is 60.7 Å². The van der Waals surface area contributed by atoms with Crippen LogP contribution < -0.4 is 5.32 Å². The van der Waals surface area contributed by atoms with Gasteiger partial charge in [-0.25, -0.2) is 8.78 Å². The van der Waals surface area contributed by atoms with Gasteiger partial charge >= 0.3 is 12.4 Å². The zero-order valence-corrected chi connectivity index (χ0v) is 20.9. The first-order chi connectivity index (χ1) is 17.6. The van der Waals surface area contributed by atoms with E-state index in [4.69, 9.17) is 34.8 Å². The van der Waals surface area contributed by atoms with Crippen molar-refractivity contribution in [3.8, 4) is 0 Å². The summed E-state index contributed by atoms with van der Waals surface area (Å²) in [6.07, 6.45) is -10.2. The highest BCUT2D eigenvalue weighted by molar-refractivity contribution is 6.48. The van der Waals surface area contributed by atoms with Crippen LogP contribution in [0, 0.1) is 5.82 Å². The van der Waals surface area contributed by atoms with Gasteiger partial charge in [-0.05, 0) is 42.0 Å². The Kier molecular flexibility index (Phi) is 9.00. The van der Waals surface area contributed by atoms with E-state index in [2.05, 4.69) is 5.32 Å². The molecular weight excluding hydrogens is 589 g/mol. The lowest BCUT2D eigenvalue weighted by molar-refractivity contribution is -0.140. The number of hydrogen-bond acceptors (Lipinski definition) is 2. The Balaban J connectivity index is 1.99. The van der Waals surface area contributed by atoms with Crippen molar-refractivity contribution < 1.29 is 39.9 Å². The van der Waals surface area contributed by atoms with Crippen LogP contribution in [0.2, 0.25) is 15.1 Å². The molecule has 0 aliphatic carbocycles. The van der Waals surface area contributed by atoms with Crippen molar-refractivity contribution >= 4 is 52.1 Å². The maximum absolute atomic E-state index is 15.0. The summed E-state index contributed by atoms with van der Waals surface area (Å²) in [4.78, 5) is 12.5. The van der Waals surface area contributed by atoms with Crippen LogP contribution in [0.3, 0.4) is 0 Å². The maximum Gasteiger partial charge on any atom is 0.417 e. The van der Waals surface area contributed by atoms with E-state index in [-0.39, 0.29) is 32.9 Å². The zero-order chi connectivity index (χ0) is 28.4. The molecule has 0 aliphatic heterocycles. The van der Waals surface area contributed by atoms with E-state index >= 15 is 0 Å². The Morgan fingerprint density at radius 3 is 2.08 bits per heavy atom. The van der Waals surface area contributed by atoms with Gasteiger partial charge in [0, 0.05) is 11.1 Å². The molecule has 0 radical (unpaired) electrons. The number of allylic oxidation sites excluding steroid dienone is 1. The minimum absolute atomic E-state index is 0.0621. The molecule has 2 nitrogen and oxygen atoms in total. The largest absolute Gasteiger partial charge is 0.417 e. The standard InChI is InChI=1S/C25H14Cl3F8NO/c26-17-8-13(9-18(27)23(17)28)15(24(31,32)33)10-20(30)12-5-6-14(16(7-12)25(34,35)36)22(38)11-37-21-4-2-1-3-19(21)29/h1-10,15,37H,11H2/b20-10-. The van der Waals surface area contributed by atoms with E-state index in [1.165, 1.54) is 18.2 Å². The first kappa shape index (κ1) is 29.7. The van der Waals surface area contributed by atoms with Gasteiger partial charge in [0.15, 0.2) is 5.78 Å². The normalized spacial score (nSPS) is 13.4. The highest BCUT2D eigenvalue weighted by Crippen LogP contribution is 2.43. The lowest BCUT2D eigenvalue weighted by Crippen LogP contribution is -2.20. The Labute approximate surface area is 225 Å². The number of benzene rings is 3. The summed E-state index contributed by atoms with van der Waals surface area (Å²) in [5.74, 6) is -6.16. The van der Waals surface area contributed by atoms with Crippen molar-refractivity contribution in [2.24, 2.45) is 0 Å². The highest BCUT2D eigenvalue weighted by Gasteiger charge is 2.41. The number of halogens is 11. The van der Waals surface area contributed by atoms with Crippen molar-refractivity contribution in [3.63, 3.8) is 0 Å². The average molecular weight is 603 g/mol. The van der Waals surface area contributed by atoms with Crippen LogP contribution in [-0.4, -0.2) is 18.5 Å². The van der Waals surface area contributed by atoms with Gasteiger partial charge in [-0.2, -0.15) is 26.3 Å². The Morgan fingerprint density at radius 2 is 1.53 bits per heavy atom. The number of nitrogens with one attached hydrogen (secondary N) is 1. The van der Waals surface area contributed by atoms with Gasteiger partial charge in [0.25, 0.3) is 0 Å². The van der Waals surface area contributed by atoms with E-state index in [0.717, 1.165) is 24.3 Å². The average Bonchev–Trinajstić information content (AvgIpc) is 2.83. The summed E-state index contributed by atoms with van der Waals surface area (Å²) in [5, 5.41) is 1.45. The van der Waals surface area contributed by atoms with Crippen LogP contribution in [0.5, 0.6) is 0 Å². The lowest BCUT2D eigenvalue weighted by Gasteiger charge is -2.19. The molecule has 0 fully saturated rings. The summed E-state index contributed by atoms with van der Waals surface area (Å²) in [6, 6.07) is 8.32. The fourth-order valence-corrected chi connectivity index (χ4v) is 4.04. The summed E-state index contributed by atoms with van der Waals surface area (Å²) < 4.78 is 111. The summed E-state index contributed by atoms with van der Waals surface area (Å²) in [5.41, 5.74) is -4.08. The quantitative estimate of drug-likeness (QED) is 0.166.